The Morgan fingerprint density at radius 1 is 1.30 bits per heavy atom. The topological polar surface area (TPSA) is 50.8 Å². The summed E-state index contributed by atoms with van der Waals surface area (Å²) in [5.74, 6) is 0.873. The van der Waals surface area contributed by atoms with E-state index in [1.165, 1.54) is 5.06 Å². The number of hydrogen-bond donors (Lipinski definition) is 1. The van der Waals surface area contributed by atoms with Crippen molar-refractivity contribution < 1.29 is 14.4 Å². The molecule has 0 bridgehead atoms. The fraction of sp³-hybridized carbons (Fsp3) is 0.533. The van der Waals surface area contributed by atoms with Crippen molar-refractivity contribution in [1.82, 2.24) is 10.4 Å². The second-order valence-corrected chi connectivity index (χ2v) is 4.89. The van der Waals surface area contributed by atoms with E-state index >= 15 is 0 Å². The zero-order valence-electron chi connectivity index (χ0n) is 11.9. The highest BCUT2D eigenvalue weighted by Crippen LogP contribution is 2.23. The van der Waals surface area contributed by atoms with Crippen LogP contribution in [0.1, 0.15) is 12.8 Å². The number of carbonyl (C=O) groups is 1. The third-order valence-electron chi connectivity index (χ3n) is 3.31. The van der Waals surface area contributed by atoms with Crippen molar-refractivity contribution in [2.24, 2.45) is 5.92 Å². The Kier molecular flexibility index (Phi) is 5.83. The molecule has 1 saturated heterocycles. The summed E-state index contributed by atoms with van der Waals surface area (Å²) in [5, 5.41) is 4.75. The minimum atomic E-state index is 0.0764. The quantitative estimate of drug-likeness (QED) is 0.549. The maximum atomic E-state index is 11.9. The van der Waals surface area contributed by atoms with Gasteiger partial charge in [0.1, 0.15) is 0 Å². The van der Waals surface area contributed by atoms with Gasteiger partial charge in [-0.15, -0.1) is 0 Å². The highest BCUT2D eigenvalue weighted by Gasteiger charge is 2.38. The van der Waals surface area contributed by atoms with E-state index in [1.54, 1.807) is 7.11 Å². The number of nitrogens with zero attached hydrogens (tertiary/aromatic N) is 1. The number of hydroxylamine groups is 2. The van der Waals surface area contributed by atoms with Crippen molar-refractivity contribution in [2.75, 3.05) is 33.4 Å². The van der Waals surface area contributed by atoms with Crippen molar-refractivity contribution >= 4 is 5.91 Å². The fourth-order valence-corrected chi connectivity index (χ4v) is 2.11. The molecule has 0 spiro atoms. The number of benzene rings is 1. The molecule has 1 N–H and O–H groups in total. The van der Waals surface area contributed by atoms with E-state index in [-0.39, 0.29) is 11.8 Å². The van der Waals surface area contributed by atoms with Gasteiger partial charge >= 0.3 is 0 Å². The Morgan fingerprint density at radius 3 is 2.80 bits per heavy atom. The van der Waals surface area contributed by atoms with Crippen molar-refractivity contribution in [3.8, 4) is 5.75 Å². The van der Waals surface area contributed by atoms with Gasteiger partial charge in [-0.25, -0.2) is 0 Å². The number of hydrogen-bond acceptors (Lipinski definition) is 4. The largest absolute Gasteiger partial charge is 0.385 e. The molecule has 1 aromatic carbocycles. The standard InChI is InChI=1S/C15H22N2O3/c1-19-11-5-9-16-10-8-13-12-17(15(13)18)20-14-6-3-2-4-7-14/h2-4,6-7,13,16H,5,8-12H2,1H3. The first-order valence-corrected chi connectivity index (χ1v) is 7.05. The lowest BCUT2D eigenvalue weighted by atomic mass is 9.97. The zero-order chi connectivity index (χ0) is 14.2. The molecule has 0 radical (unpaired) electrons. The normalized spacial score (nSPS) is 17.9. The Bertz CT molecular complexity index is 411. The molecule has 1 atom stereocenters. The Hall–Kier alpha value is -1.59. The van der Waals surface area contributed by atoms with E-state index in [1.807, 2.05) is 30.3 Å². The number of ether oxygens (including phenoxy) is 1. The molecule has 0 aromatic heterocycles. The van der Waals surface area contributed by atoms with E-state index in [2.05, 4.69) is 5.32 Å². The first kappa shape index (κ1) is 14.8. The van der Waals surface area contributed by atoms with Gasteiger partial charge in [-0.1, -0.05) is 18.2 Å². The van der Waals surface area contributed by atoms with Crippen LogP contribution in [-0.2, 0) is 9.53 Å². The van der Waals surface area contributed by atoms with Gasteiger partial charge in [0.05, 0.1) is 12.5 Å². The minimum absolute atomic E-state index is 0.0764. The molecule has 20 heavy (non-hydrogen) atoms. The van der Waals surface area contributed by atoms with Gasteiger partial charge in [-0.3, -0.25) is 4.79 Å². The summed E-state index contributed by atoms with van der Waals surface area (Å²) < 4.78 is 4.97. The van der Waals surface area contributed by atoms with E-state index in [0.29, 0.717) is 12.3 Å². The van der Waals surface area contributed by atoms with E-state index in [0.717, 1.165) is 32.5 Å². The predicted molar refractivity (Wildman–Crippen MR) is 76.3 cm³/mol. The van der Waals surface area contributed by atoms with Crippen LogP contribution >= 0.6 is 0 Å². The maximum Gasteiger partial charge on any atom is 0.260 e. The molecular formula is C15H22N2O3. The van der Waals surface area contributed by atoms with Gasteiger partial charge in [-0.05, 0) is 38.1 Å². The molecular weight excluding hydrogens is 256 g/mol. The number of para-hydroxylation sites is 1. The van der Waals surface area contributed by atoms with E-state index in [4.69, 9.17) is 9.57 Å². The van der Waals surface area contributed by atoms with E-state index in [9.17, 15) is 4.79 Å². The number of amides is 1. The van der Waals surface area contributed by atoms with Crippen LogP contribution in [-0.4, -0.2) is 44.3 Å². The summed E-state index contributed by atoms with van der Waals surface area (Å²) in [6, 6.07) is 9.39. The highest BCUT2D eigenvalue weighted by atomic mass is 16.7. The van der Waals surface area contributed by atoms with Gasteiger partial charge < -0.3 is 14.9 Å². The number of rotatable bonds is 9. The second kappa shape index (κ2) is 7.87. The third kappa shape index (κ3) is 4.21. The molecule has 110 valence electrons. The molecule has 1 unspecified atom stereocenters. The lowest BCUT2D eigenvalue weighted by Crippen LogP contribution is -2.54. The number of nitrogens with one attached hydrogen (secondary N) is 1. The van der Waals surface area contributed by atoms with Crippen LogP contribution in [0.4, 0.5) is 0 Å². The van der Waals surface area contributed by atoms with Crippen LogP contribution in [0.3, 0.4) is 0 Å². The van der Waals surface area contributed by atoms with Crippen LogP contribution < -0.4 is 10.2 Å². The summed E-state index contributed by atoms with van der Waals surface area (Å²) in [6.45, 7) is 3.24. The summed E-state index contributed by atoms with van der Waals surface area (Å²) >= 11 is 0. The van der Waals surface area contributed by atoms with Crippen molar-refractivity contribution in [3.05, 3.63) is 30.3 Å². The smallest absolute Gasteiger partial charge is 0.260 e. The van der Waals surface area contributed by atoms with Gasteiger partial charge in [0.15, 0.2) is 5.75 Å². The SMILES string of the molecule is COCCCNCCC1CN(Oc2ccccc2)C1=O. The van der Waals surface area contributed by atoms with Crippen LogP contribution in [0, 0.1) is 5.92 Å². The lowest BCUT2D eigenvalue weighted by Gasteiger charge is -2.36. The number of β-lactam (4-membered cyclic amide) rings is 1. The molecule has 1 fully saturated rings. The predicted octanol–water partition coefficient (Wildman–Crippen LogP) is 1.45. The maximum absolute atomic E-state index is 11.9. The summed E-state index contributed by atoms with van der Waals surface area (Å²) in [5.41, 5.74) is 0. The fourth-order valence-electron chi connectivity index (χ4n) is 2.11. The summed E-state index contributed by atoms with van der Waals surface area (Å²) in [6.07, 6.45) is 1.86. The Balaban J connectivity index is 1.58. The molecule has 1 aliphatic heterocycles. The summed E-state index contributed by atoms with van der Waals surface area (Å²) in [7, 11) is 1.70. The average Bonchev–Trinajstić information content (AvgIpc) is 2.49. The molecule has 1 heterocycles. The van der Waals surface area contributed by atoms with Gasteiger partial charge in [-0.2, -0.15) is 5.06 Å². The Labute approximate surface area is 119 Å². The number of methoxy groups -OCH3 is 1. The lowest BCUT2D eigenvalue weighted by molar-refractivity contribution is -0.187. The third-order valence-corrected chi connectivity index (χ3v) is 3.31. The van der Waals surface area contributed by atoms with Crippen molar-refractivity contribution in [3.63, 3.8) is 0 Å². The summed E-state index contributed by atoms with van der Waals surface area (Å²) in [4.78, 5) is 17.4. The first-order valence-electron chi connectivity index (χ1n) is 7.05. The molecule has 0 saturated carbocycles. The zero-order valence-corrected chi connectivity index (χ0v) is 11.9. The van der Waals surface area contributed by atoms with Crippen LogP contribution in [0.25, 0.3) is 0 Å². The van der Waals surface area contributed by atoms with Crippen molar-refractivity contribution in [1.29, 1.82) is 0 Å². The minimum Gasteiger partial charge on any atom is -0.385 e. The molecule has 1 amide bonds. The molecule has 1 aromatic rings. The monoisotopic (exact) mass is 278 g/mol. The van der Waals surface area contributed by atoms with Crippen LogP contribution in [0.15, 0.2) is 30.3 Å². The number of carbonyl (C=O) groups excluding carboxylic acids is 1. The van der Waals surface area contributed by atoms with E-state index < -0.39 is 0 Å². The highest BCUT2D eigenvalue weighted by molar-refractivity contribution is 5.83. The van der Waals surface area contributed by atoms with Gasteiger partial charge in [0.25, 0.3) is 5.91 Å². The molecule has 2 rings (SSSR count). The molecule has 5 nitrogen and oxygen atoms in total. The van der Waals surface area contributed by atoms with Crippen LogP contribution in [0.5, 0.6) is 5.75 Å². The molecule has 0 aliphatic carbocycles. The first-order chi connectivity index (χ1) is 9.81. The van der Waals surface area contributed by atoms with Crippen LogP contribution in [0.2, 0.25) is 0 Å². The van der Waals surface area contributed by atoms with Crippen molar-refractivity contribution in [2.45, 2.75) is 12.8 Å². The molecule has 1 aliphatic rings. The average molecular weight is 278 g/mol. The second-order valence-electron chi connectivity index (χ2n) is 4.89. The van der Waals surface area contributed by atoms with Gasteiger partial charge in [0.2, 0.25) is 0 Å². The van der Waals surface area contributed by atoms with Gasteiger partial charge in [0, 0.05) is 13.7 Å². The Morgan fingerprint density at radius 2 is 2.10 bits per heavy atom. The molecule has 5 heteroatoms.